The lowest BCUT2D eigenvalue weighted by molar-refractivity contribution is 0.229. The average molecular weight is 606 g/mol. The van der Waals surface area contributed by atoms with Crippen LogP contribution in [-0.4, -0.2) is 87.5 Å². The number of hydrogen-bond acceptors (Lipinski definition) is 9. The van der Waals surface area contributed by atoms with Crippen molar-refractivity contribution in [2.75, 3.05) is 77.9 Å². The summed E-state index contributed by atoms with van der Waals surface area (Å²) >= 11 is 2.30. The minimum absolute atomic E-state index is 0.608. The van der Waals surface area contributed by atoms with Crippen LogP contribution in [0.2, 0.25) is 0 Å². The van der Waals surface area contributed by atoms with E-state index < -0.39 is 0 Å². The normalized spacial score (nSPS) is 16.2. The fraction of sp³-hybridized carbons (Fsp3) is 0.462. The van der Waals surface area contributed by atoms with Crippen LogP contribution in [0.25, 0.3) is 10.9 Å². The summed E-state index contributed by atoms with van der Waals surface area (Å²) in [6.07, 6.45) is 2.50. The van der Waals surface area contributed by atoms with Gasteiger partial charge in [-0.15, -0.1) is 0 Å². The number of ether oxygens (including phenoxy) is 2. The van der Waals surface area contributed by atoms with Gasteiger partial charge in [0, 0.05) is 79.6 Å². The minimum atomic E-state index is 0.608. The highest BCUT2D eigenvalue weighted by atomic mass is 127. The van der Waals surface area contributed by atoms with Gasteiger partial charge in [0.1, 0.15) is 12.1 Å². The van der Waals surface area contributed by atoms with E-state index in [2.05, 4.69) is 70.9 Å². The second kappa shape index (κ2) is 14.5. The Balaban J connectivity index is 1.38. The number of anilines is 2. The molecule has 0 aliphatic carbocycles. The van der Waals surface area contributed by atoms with Crippen molar-refractivity contribution in [2.45, 2.75) is 6.42 Å². The molecule has 0 amide bonds. The molecule has 36 heavy (non-hydrogen) atoms. The van der Waals surface area contributed by atoms with Crippen LogP contribution >= 0.6 is 22.6 Å². The van der Waals surface area contributed by atoms with E-state index in [9.17, 15) is 0 Å². The summed E-state index contributed by atoms with van der Waals surface area (Å²) in [4.78, 5) is 11.4. The standard InChI is InChI=1S/C26H36IN7O2/c1-35-24-18-23-22(26(32-19-31-23)33-21-5-2-4-20(27)16-21)17-25(24)36-15-3-12-34-13-10-29-8-6-28-7-9-30-11-14-34/h2,4-5,16-19,28-30H,3,6-15H2,1H3,(H,31,32,33). The van der Waals surface area contributed by atoms with Crippen LogP contribution in [0, 0.1) is 3.57 Å². The van der Waals surface area contributed by atoms with Crippen LogP contribution < -0.4 is 30.7 Å². The first-order valence-corrected chi connectivity index (χ1v) is 13.6. The van der Waals surface area contributed by atoms with Gasteiger partial charge in [0.25, 0.3) is 0 Å². The molecule has 194 valence electrons. The minimum Gasteiger partial charge on any atom is -0.493 e. The van der Waals surface area contributed by atoms with E-state index in [-0.39, 0.29) is 0 Å². The van der Waals surface area contributed by atoms with Gasteiger partial charge in [0.2, 0.25) is 0 Å². The summed E-state index contributed by atoms with van der Waals surface area (Å²) < 4.78 is 13.0. The Kier molecular flexibility index (Phi) is 10.8. The van der Waals surface area contributed by atoms with E-state index in [4.69, 9.17) is 9.47 Å². The fourth-order valence-corrected chi connectivity index (χ4v) is 4.69. The zero-order valence-electron chi connectivity index (χ0n) is 20.9. The molecule has 2 heterocycles. The molecule has 1 aromatic heterocycles. The first-order chi connectivity index (χ1) is 17.7. The average Bonchev–Trinajstić information content (AvgIpc) is 2.87. The van der Waals surface area contributed by atoms with Crippen LogP contribution in [-0.2, 0) is 0 Å². The lowest BCUT2D eigenvalue weighted by Crippen LogP contribution is -2.42. The highest BCUT2D eigenvalue weighted by molar-refractivity contribution is 14.1. The number of hydrogen-bond donors (Lipinski definition) is 4. The van der Waals surface area contributed by atoms with Crippen LogP contribution in [0.15, 0.2) is 42.7 Å². The molecule has 0 atom stereocenters. The smallest absolute Gasteiger partial charge is 0.162 e. The molecule has 1 aliphatic rings. The molecular formula is C26H36IN7O2. The van der Waals surface area contributed by atoms with Gasteiger partial charge in [0.15, 0.2) is 11.5 Å². The van der Waals surface area contributed by atoms with Crippen LogP contribution in [0.5, 0.6) is 11.5 Å². The summed E-state index contributed by atoms with van der Waals surface area (Å²) in [5.41, 5.74) is 1.78. The first-order valence-electron chi connectivity index (χ1n) is 12.6. The van der Waals surface area contributed by atoms with Gasteiger partial charge in [-0.2, -0.15) is 0 Å². The van der Waals surface area contributed by atoms with Crippen molar-refractivity contribution >= 4 is 45.0 Å². The Morgan fingerprint density at radius 3 is 2.42 bits per heavy atom. The lowest BCUT2D eigenvalue weighted by Gasteiger charge is -2.23. The second-order valence-corrected chi connectivity index (χ2v) is 9.92. The SMILES string of the molecule is COc1cc2ncnc(Nc3cccc(I)c3)c2cc1OCCCN1CCNCCNCCNCC1. The van der Waals surface area contributed by atoms with Crippen molar-refractivity contribution in [3.8, 4) is 11.5 Å². The van der Waals surface area contributed by atoms with Crippen molar-refractivity contribution in [3.05, 3.63) is 46.3 Å². The van der Waals surface area contributed by atoms with Gasteiger partial charge in [0.05, 0.1) is 19.2 Å². The maximum Gasteiger partial charge on any atom is 0.162 e. The Morgan fingerprint density at radius 1 is 0.944 bits per heavy atom. The number of aromatic nitrogens is 2. The topological polar surface area (TPSA) is 95.6 Å². The summed E-state index contributed by atoms with van der Waals surface area (Å²) in [5.74, 6) is 2.12. The zero-order valence-corrected chi connectivity index (χ0v) is 23.0. The van der Waals surface area contributed by atoms with E-state index in [1.807, 2.05) is 24.3 Å². The third-order valence-corrected chi connectivity index (χ3v) is 6.72. The first kappa shape index (κ1) is 26.8. The molecule has 0 radical (unpaired) electrons. The maximum atomic E-state index is 6.21. The number of methoxy groups -OCH3 is 1. The third kappa shape index (κ3) is 8.13. The molecule has 0 bridgehead atoms. The number of rotatable bonds is 8. The quantitative estimate of drug-likeness (QED) is 0.229. The summed E-state index contributed by atoms with van der Waals surface area (Å²) in [6, 6.07) is 12.1. The highest BCUT2D eigenvalue weighted by Gasteiger charge is 2.13. The molecule has 9 nitrogen and oxygen atoms in total. The number of fused-ring (bicyclic) bond motifs is 1. The van der Waals surface area contributed by atoms with Crippen molar-refractivity contribution in [3.63, 3.8) is 0 Å². The molecule has 0 unspecified atom stereocenters. The summed E-state index contributed by atoms with van der Waals surface area (Å²) in [6.45, 7) is 9.68. The molecule has 2 aromatic carbocycles. The molecule has 4 N–H and O–H groups in total. The number of halogens is 1. The molecule has 1 aliphatic heterocycles. The van der Waals surface area contributed by atoms with E-state index in [0.29, 0.717) is 18.1 Å². The van der Waals surface area contributed by atoms with Crippen LogP contribution in [0.3, 0.4) is 0 Å². The molecule has 0 saturated carbocycles. The molecular weight excluding hydrogens is 569 g/mol. The Bertz CT molecular complexity index is 1090. The van der Waals surface area contributed by atoms with E-state index >= 15 is 0 Å². The molecule has 0 spiro atoms. The highest BCUT2D eigenvalue weighted by Crippen LogP contribution is 2.35. The Morgan fingerprint density at radius 2 is 1.69 bits per heavy atom. The Labute approximate surface area is 226 Å². The van der Waals surface area contributed by atoms with Crippen LogP contribution in [0.4, 0.5) is 11.5 Å². The van der Waals surface area contributed by atoms with E-state index in [0.717, 1.165) is 91.3 Å². The predicted octanol–water partition coefficient (Wildman–Crippen LogP) is 2.84. The largest absolute Gasteiger partial charge is 0.493 e. The number of benzene rings is 2. The summed E-state index contributed by atoms with van der Waals surface area (Å²) in [7, 11) is 1.66. The van der Waals surface area contributed by atoms with Crippen molar-refractivity contribution in [2.24, 2.45) is 0 Å². The van der Waals surface area contributed by atoms with Gasteiger partial charge in [-0.1, -0.05) is 6.07 Å². The van der Waals surface area contributed by atoms with Crippen molar-refractivity contribution in [1.82, 2.24) is 30.8 Å². The van der Waals surface area contributed by atoms with Gasteiger partial charge in [-0.05, 0) is 53.3 Å². The molecule has 4 rings (SSSR count). The van der Waals surface area contributed by atoms with Crippen molar-refractivity contribution in [1.29, 1.82) is 0 Å². The van der Waals surface area contributed by atoms with Crippen LogP contribution in [0.1, 0.15) is 6.42 Å². The number of nitrogens with one attached hydrogen (secondary N) is 4. The van der Waals surface area contributed by atoms with Gasteiger partial charge in [-0.3, -0.25) is 0 Å². The molecule has 3 aromatic rings. The third-order valence-electron chi connectivity index (χ3n) is 6.05. The van der Waals surface area contributed by atoms with E-state index in [1.54, 1.807) is 13.4 Å². The second-order valence-electron chi connectivity index (χ2n) is 8.67. The predicted molar refractivity (Wildman–Crippen MR) is 154 cm³/mol. The zero-order chi connectivity index (χ0) is 25.0. The molecule has 1 fully saturated rings. The fourth-order valence-electron chi connectivity index (χ4n) is 4.15. The summed E-state index contributed by atoms with van der Waals surface area (Å²) in [5, 5.41) is 14.8. The molecule has 1 saturated heterocycles. The maximum absolute atomic E-state index is 6.21. The van der Waals surface area contributed by atoms with Gasteiger partial charge < -0.3 is 35.6 Å². The van der Waals surface area contributed by atoms with E-state index in [1.165, 1.54) is 0 Å². The Hall–Kier alpha value is -2.25. The number of nitrogens with zero attached hydrogens (tertiary/aromatic N) is 3. The molecule has 10 heteroatoms. The van der Waals surface area contributed by atoms with Gasteiger partial charge >= 0.3 is 0 Å². The van der Waals surface area contributed by atoms with Gasteiger partial charge in [-0.25, -0.2) is 9.97 Å². The monoisotopic (exact) mass is 605 g/mol. The lowest BCUT2D eigenvalue weighted by atomic mass is 10.2. The van der Waals surface area contributed by atoms with Crippen molar-refractivity contribution < 1.29 is 9.47 Å².